The third-order valence-electron chi connectivity index (χ3n) is 6.29. The SMILES string of the molecule is CN(Cn1nc(N2CCOCC2)n(C2CC2)c1=S)[C@H]1CCCc2ccccc21. The monoisotopic (exact) mass is 399 g/mol. The van der Waals surface area contributed by atoms with Gasteiger partial charge in [-0.05, 0) is 62.5 Å². The Morgan fingerprint density at radius 1 is 1.18 bits per heavy atom. The van der Waals surface area contributed by atoms with Crippen LogP contribution in [0.4, 0.5) is 5.95 Å². The number of nitrogens with zero attached hydrogens (tertiary/aromatic N) is 5. The summed E-state index contributed by atoms with van der Waals surface area (Å²) < 4.78 is 10.7. The zero-order valence-corrected chi connectivity index (χ0v) is 17.4. The van der Waals surface area contributed by atoms with E-state index in [9.17, 15) is 0 Å². The van der Waals surface area contributed by atoms with Crippen molar-refractivity contribution in [2.24, 2.45) is 0 Å². The van der Waals surface area contributed by atoms with E-state index >= 15 is 0 Å². The van der Waals surface area contributed by atoms with E-state index in [0.717, 1.165) is 43.7 Å². The van der Waals surface area contributed by atoms with E-state index in [0.29, 0.717) is 12.1 Å². The maximum atomic E-state index is 5.87. The molecule has 28 heavy (non-hydrogen) atoms. The summed E-state index contributed by atoms with van der Waals surface area (Å²) in [5, 5.41) is 4.99. The minimum Gasteiger partial charge on any atom is -0.378 e. The predicted octanol–water partition coefficient (Wildman–Crippen LogP) is 3.55. The Hall–Kier alpha value is -1.70. The molecule has 2 aromatic rings. The number of ether oxygens (including phenoxy) is 1. The standard InChI is InChI=1S/C21H29N5OS/c1-23(19-8-4-6-16-5-2-3-7-18(16)19)15-25-21(28)26(17-9-10-17)20(22-25)24-11-13-27-14-12-24/h2-3,5,7,17,19H,4,6,8-15H2,1H3/t19-/m0/s1. The molecule has 2 fully saturated rings. The van der Waals surface area contributed by atoms with Gasteiger partial charge in [0.05, 0.1) is 19.9 Å². The van der Waals surface area contributed by atoms with E-state index in [1.54, 1.807) is 0 Å². The van der Waals surface area contributed by atoms with Gasteiger partial charge in [-0.15, -0.1) is 5.10 Å². The third kappa shape index (κ3) is 3.40. The molecule has 2 aliphatic carbocycles. The molecule has 7 heteroatoms. The molecule has 0 radical (unpaired) electrons. The maximum Gasteiger partial charge on any atom is 0.226 e. The maximum absolute atomic E-state index is 5.87. The summed E-state index contributed by atoms with van der Waals surface area (Å²) in [7, 11) is 2.21. The number of aromatic nitrogens is 3. The van der Waals surface area contributed by atoms with Crippen LogP contribution in [0.5, 0.6) is 0 Å². The number of hydrogen-bond acceptors (Lipinski definition) is 5. The van der Waals surface area contributed by atoms with Gasteiger partial charge >= 0.3 is 0 Å². The topological polar surface area (TPSA) is 38.5 Å². The van der Waals surface area contributed by atoms with Gasteiger partial charge in [0.25, 0.3) is 0 Å². The Morgan fingerprint density at radius 3 is 2.75 bits per heavy atom. The van der Waals surface area contributed by atoms with Crippen LogP contribution in [0, 0.1) is 4.77 Å². The number of aryl methyl sites for hydroxylation is 1. The lowest BCUT2D eigenvalue weighted by Crippen LogP contribution is -2.38. The molecule has 3 aliphatic rings. The van der Waals surface area contributed by atoms with Crippen molar-refractivity contribution in [2.45, 2.75) is 50.9 Å². The van der Waals surface area contributed by atoms with Gasteiger partial charge in [0, 0.05) is 25.2 Å². The van der Waals surface area contributed by atoms with Gasteiger partial charge in [-0.1, -0.05) is 24.3 Å². The summed E-state index contributed by atoms with van der Waals surface area (Å²) in [4.78, 5) is 4.76. The number of hydrogen-bond donors (Lipinski definition) is 0. The van der Waals surface area contributed by atoms with Crippen LogP contribution in [-0.4, -0.2) is 52.6 Å². The summed E-state index contributed by atoms with van der Waals surface area (Å²) in [5.41, 5.74) is 2.96. The van der Waals surface area contributed by atoms with Crippen LogP contribution in [0.2, 0.25) is 0 Å². The zero-order valence-electron chi connectivity index (χ0n) is 16.6. The van der Waals surface area contributed by atoms with E-state index < -0.39 is 0 Å². The molecular formula is C21H29N5OS. The molecule has 0 spiro atoms. The molecule has 1 saturated heterocycles. The van der Waals surface area contributed by atoms with Crippen LogP contribution >= 0.6 is 12.2 Å². The Morgan fingerprint density at radius 2 is 1.96 bits per heavy atom. The first-order valence-corrected chi connectivity index (χ1v) is 10.9. The van der Waals surface area contributed by atoms with E-state index in [-0.39, 0.29) is 0 Å². The van der Waals surface area contributed by atoms with E-state index in [4.69, 9.17) is 22.1 Å². The number of anilines is 1. The van der Waals surface area contributed by atoms with Crippen LogP contribution in [0.1, 0.15) is 48.9 Å². The lowest BCUT2D eigenvalue weighted by Gasteiger charge is -2.33. The minimum absolute atomic E-state index is 0.435. The van der Waals surface area contributed by atoms with Crippen molar-refractivity contribution in [3.8, 4) is 0 Å². The Balaban J connectivity index is 1.42. The first-order chi connectivity index (χ1) is 13.7. The smallest absolute Gasteiger partial charge is 0.226 e. The second kappa shape index (κ2) is 7.61. The molecule has 1 atom stereocenters. The summed E-state index contributed by atoms with van der Waals surface area (Å²) in [6, 6.07) is 9.85. The Kier molecular flexibility index (Phi) is 4.99. The van der Waals surface area contributed by atoms with Crippen molar-refractivity contribution in [2.75, 3.05) is 38.3 Å². The van der Waals surface area contributed by atoms with Gasteiger partial charge in [-0.3, -0.25) is 9.47 Å². The summed E-state index contributed by atoms with van der Waals surface area (Å²) >= 11 is 5.87. The highest BCUT2D eigenvalue weighted by molar-refractivity contribution is 7.71. The Bertz CT molecular complexity index is 896. The van der Waals surface area contributed by atoms with Crippen molar-refractivity contribution >= 4 is 18.2 Å². The number of rotatable bonds is 5. The molecule has 0 unspecified atom stereocenters. The van der Waals surface area contributed by atoms with Gasteiger partial charge in [0.15, 0.2) is 0 Å². The first-order valence-electron chi connectivity index (χ1n) is 10.5. The summed E-state index contributed by atoms with van der Waals surface area (Å²) in [5.74, 6) is 1.04. The second-order valence-corrected chi connectivity index (χ2v) is 8.65. The normalized spacial score (nSPS) is 22.5. The van der Waals surface area contributed by atoms with Gasteiger partial charge in [0.2, 0.25) is 10.7 Å². The van der Waals surface area contributed by atoms with Crippen molar-refractivity contribution in [3.05, 3.63) is 40.2 Å². The highest BCUT2D eigenvalue weighted by Gasteiger charge is 2.32. The quantitative estimate of drug-likeness (QED) is 0.719. The lowest BCUT2D eigenvalue weighted by molar-refractivity contribution is 0.121. The van der Waals surface area contributed by atoms with Crippen LogP contribution in [-0.2, 0) is 17.8 Å². The molecule has 1 aliphatic heterocycles. The van der Waals surface area contributed by atoms with Crippen LogP contribution in [0.25, 0.3) is 0 Å². The molecule has 0 bridgehead atoms. The van der Waals surface area contributed by atoms with E-state index in [1.165, 1.54) is 43.2 Å². The van der Waals surface area contributed by atoms with Crippen molar-refractivity contribution in [3.63, 3.8) is 0 Å². The van der Waals surface area contributed by atoms with Crippen molar-refractivity contribution in [1.29, 1.82) is 0 Å². The molecule has 0 amide bonds. The summed E-state index contributed by atoms with van der Waals surface area (Å²) in [6.45, 7) is 4.05. The average molecular weight is 400 g/mol. The number of benzene rings is 1. The number of fused-ring (bicyclic) bond motifs is 1. The average Bonchev–Trinajstić information content (AvgIpc) is 3.52. The van der Waals surface area contributed by atoms with E-state index in [2.05, 4.69) is 45.7 Å². The van der Waals surface area contributed by atoms with Crippen molar-refractivity contribution < 1.29 is 4.74 Å². The first kappa shape index (κ1) is 18.3. The van der Waals surface area contributed by atoms with Crippen LogP contribution in [0.3, 0.4) is 0 Å². The highest BCUT2D eigenvalue weighted by Crippen LogP contribution is 2.39. The molecule has 1 aromatic heterocycles. The fourth-order valence-electron chi connectivity index (χ4n) is 4.63. The van der Waals surface area contributed by atoms with Crippen LogP contribution in [0.15, 0.2) is 24.3 Å². The predicted molar refractivity (Wildman–Crippen MR) is 112 cm³/mol. The third-order valence-corrected chi connectivity index (χ3v) is 6.69. The molecule has 2 heterocycles. The molecule has 5 rings (SSSR count). The van der Waals surface area contributed by atoms with Crippen LogP contribution < -0.4 is 4.90 Å². The van der Waals surface area contributed by atoms with Gasteiger partial charge < -0.3 is 9.64 Å². The fourth-order valence-corrected chi connectivity index (χ4v) is 4.96. The van der Waals surface area contributed by atoms with E-state index in [1.807, 2.05) is 4.68 Å². The highest BCUT2D eigenvalue weighted by atomic mass is 32.1. The summed E-state index contributed by atoms with van der Waals surface area (Å²) in [6.07, 6.45) is 6.05. The van der Waals surface area contributed by atoms with Crippen molar-refractivity contribution in [1.82, 2.24) is 19.2 Å². The Labute approximate surface area is 171 Å². The molecular weight excluding hydrogens is 370 g/mol. The largest absolute Gasteiger partial charge is 0.378 e. The molecule has 0 N–H and O–H groups in total. The molecule has 6 nitrogen and oxygen atoms in total. The van der Waals surface area contributed by atoms with Gasteiger partial charge in [-0.2, -0.15) is 0 Å². The van der Waals surface area contributed by atoms with Gasteiger partial charge in [-0.25, -0.2) is 4.68 Å². The molecule has 1 aromatic carbocycles. The fraction of sp³-hybridized carbons (Fsp3) is 0.619. The molecule has 150 valence electrons. The second-order valence-electron chi connectivity index (χ2n) is 8.29. The molecule has 1 saturated carbocycles. The number of morpholine rings is 1. The minimum atomic E-state index is 0.435. The lowest BCUT2D eigenvalue weighted by atomic mass is 9.87. The zero-order chi connectivity index (χ0) is 19.1. The van der Waals surface area contributed by atoms with Gasteiger partial charge in [0.1, 0.15) is 0 Å².